The molecule has 0 aromatic rings. The summed E-state index contributed by atoms with van der Waals surface area (Å²) in [6.07, 6.45) is 61.4. The average molecular weight is 1240 g/mol. The quantitative estimate of drug-likeness (QED) is 0.0325. The second kappa shape index (κ2) is 69.9. The highest BCUT2D eigenvalue weighted by Gasteiger charge is 2.24. The molecule has 0 aliphatic heterocycles. The SMILES string of the molecule is CCCCCCCCCCCCN(CCO)CC(O)CN(CCCCCCCCCCCC)CC(O)CN(CCCCCCCCCCCC)CC(O)CN(CCCCCCCCCCCC)CC(O)CN(CCO)CCCCCCCCCCCC. The molecule has 0 spiro atoms. The van der Waals surface area contributed by atoms with E-state index in [1.807, 2.05) is 0 Å². The van der Waals surface area contributed by atoms with E-state index >= 15 is 0 Å². The first-order valence-corrected chi connectivity index (χ1v) is 39.2. The highest BCUT2D eigenvalue weighted by Crippen LogP contribution is 2.18. The summed E-state index contributed by atoms with van der Waals surface area (Å²) in [5.41, 5.74) is 0. The Morgan fingerprint density at radius 1 is 0.172 bits per heavy atom. The summed E-state index contributed by atoms with van der Waals surface area (Å²) >= 11 is 0. The molecule has 0 fully saturated rings. The van der Waals surface area contributed by atoms with Crippen molar-refractivity contribution in [2.45, 2.75) is 380 Å². The molecular weight excluding hydrogens is 1080 g/mol. The molecule has 0 saturated heterocycles. The minimum absolute atomic E-state index is 0.0899. The van der Waals surface area contributed by atoms with Gasteiger partial charge >= 0.3 is 0 Å². The van der Waals surface area contributed by atoms with Gasteiger partial charge in [-0.2, -0.15) is 0 Å². The monoisotopic (exact) mass is 1240 g/mol. The smallest absolute Gasteiger partial charge is 0.0793 e. The van der Waals surface area contributed by atoms with Crippen LogP contribution < -0.4 is 0 Å². The lowest BCUT2D eigenvalue weighted by atomic mass is 10.1. The number of nitrogens with zero attached hydrogens (tertiary/aromatic N) is 5. The lowest BCUT2D eigenvalue weighted by Gasteiger charge is -2.34. The summed E-state index contributed by atoms with van der Waals surface area (Å²) in [6.45, 7) is 21.0. The van der Waals surface area contributed by atoms with E-state index in [4.69, 9.17) is 0 Å². The Balaban J connectivity index is 6.16. The van der Waals surface area contributed by atoms with Crippen LogP contribution >= 0.6 is 0 Å². The third kappa shape index (κ3) is 62.8. The molecule has 524 valence electrons. The second-order valence-corrected chi connectivity index (χ2v) is 27.9. The Bertz CT molecular complexity index is 1210. The molecule has 11 nitrogen and oxygen atoms in total. The molecule has 0 aromatic carbocycles. The van der Waals surface area contributed by atoms with Gasteiger partial charge in [-0.15, -0.1) is 0 Å². The summed E-state index contributed by atoms with van der Waals surface area (Å²) in [5.74, 6) is 0. The molecule has 0 rings (SSSR count). The Morgan fingerprint density at radius 2 is 0.299 bits per heavy atom. The van der Waals surface area contributed by atoms with Gasteiger partial charge in [0.05, 0.1) is 37.6 Å². The zero-order valence-electron chi connectivity index (χ0n) is 59.6. The Morgan fingerprint density at radius 3 is 0.448 bits per heavy atom. The lowest BCUT2D eigenvalue weighted by Crippen LogP contribution is -2.49. The van der Waals surface area contributed by atoms with Gasteiger partial charge in [-0.3, -0.25) is 24.5 Å². The molecule has 0 aliphatic rings. The van der Waals surface area contributed by atoms with E-state index in [9.17, 15) is 30.6 Å². The Hall–Kier alpha value is -0.440. The second-order valence-electron chi connectivity index (χ2n) is 27.9. The van der Waals surface area contributed by atoms with E-state index in [2.05, 4.69) is 59.1 Å². The van der Waals surface area contributed by atoms with Gasteiger partial charge in [0.25, 0.3) is 0 Å². The largest absolute Gasteiger partial charge is 0.395 e. The molecule has 0 bridgehead atoms. The molecule has 0 amide bonds. The number of aliphatic hydroxyl groups excluding tert-OH is 6. The fourth-order valence-corrected chi connectivity index (χ4v) is 13.4. The Labute approximate surface area is 544 Å². The third-order valence-electron chi connectivity index (χ3n) is 18.7. The van der Waals surface area contributed by atoms with E-state index in [-0.39, 0.29) is 13.2 Å². The Kier molecular flexibility index (Phi) is 69.5. The predicted molar refractivity (Wildman–Crippen MR) is 380 cm³/mol. The van der Waals surface area contributed by atoms with E-state index in [0.717, 1.165) is 84.1 Å². The minimum atomic E-state index is -0.631. The van der Waals surface area contributed by atoms with Gasteiger partial charge in [0.15, 0.2) is 0 Å². The maximum Gasteiger partial charge on any atom is 0.0793 e. The molecule has 0 saturated carbocycles. The van der Waals surface area contributed by atoms with Gasteiger partial charge in [0.1, 0.15) is 0 Å². The van der Waals surface area contributed by atoms with Gasteiger partial charge < -0.3 is 30.6 Å². The molecule has 87 heavy (non-hydrogen) atoms. The lowest BCUT2D eigenvalue weighted by molar-refractivity contribution is 0.0145. The molecule has 11 heteroatoms. The van der Waals surface area contributed by atoms with Crippen molar-refractivity contribution in [1.29, 1.82) is 0 Å². The third-order valence-corrected chi connectivity index (χ3v) is 18.7. The van der Waals surface area contributed by atoms with Crippen LogP contribution in [0.4, 0.5) is 0 Å². The van der Waals surface area contributed by atoms with Gasteiger partial charge in [-0.25, -0.2) is 0 Å². The summed E-state index contributed by atoms with van der Waals surface area (Å²) in [4.78, 5) is 11.5. The predicted octanol–water partition coefficient (Wildman–Crippen LogP) is 17.5. The van der Waals surface area contributed by atoms with Crippen molar-refractivity contribution in [1.82, 2.24) is 24.5 Å². The topological polar surface area (TPSA) is 138 Å². The summed E-state index contributed by atoms with van der Waals surface area (Å²) < 4.78 is 0. The first-order chi connectivity index (χ1) is 42.6. The number of hydrogen-bond acceptors (Lipinski definition) is 11. The highest BCUT2D eigenvalue weighted by atomic mass is 16.3. The number of aliphatic hydroxyl groups is 6. The molecule has 0 aliphatic carbocycles. The van der Waals surface area contributed by atoms with Crippen molar-refractivity contribution in [2.75, 3.05) is 111 Å². The fraction of sp³-hybridized carbons (Fsp3) is 1.00. The zero-order valence-corrected chi connectivity index (χ0v) is 59.6. The average Bonchev–Trinajstić information content (AvgIpc) is 3.52. The molecule has 0 radical (unpaired) electrons. The highest BCUT2D eigenvalue weighted by molar-refractivity contribution is 4.79. The number of unbranched alkanes of at least 4 members (excludes halogenated alkanes) is 45. The van der Waals surface area contributed by atoms with Crippen LogP contribution in [0, 0.1) is 0 Å². The van der Waals surface area contributed by atoms with Crippen molar-refractivity contribution in [3.63, 3.8) is 0 Å². The first kappa shape index (κ1) is 86.6. The summed E-state index contributed by atoms with van der Waals surface area (Å²) in [7, 11) is 0. The fourth-order valence-electron chi connectivity index (χ4n) is 13.4. The van der Waals surface area contributed by atoms with Crippen LogP contribution in [0.25, 0.3) is 0 Å². The normalized spacial score (nSPS) is 13.7. The van der Waals surface area contributed by atoms with Gasteiger partial charge in [-0.1, -0.05) is 324 Å². The van der Waals surface area contributed by atoms with Crippen LogP contribution in [0.1, 0.15) is 356 Å². The van der Waals surface area contributed by atoms with Crippen molar-refractivity contribution >= 4 is 0 Å². The molecule has 4 atom stereocenters. The first-order valence-electron chi connectivity index (χ1n) is 39.2. The van der Waals surface area contributed by atoms with Gasteiger partial charge in [0.2, 0.25) is 0 Å². The molecule has 0 aromatic heterocycles. The van der Waals surface area contributed by atoms with E-state index < -0.39 is 24.4 Å². The number of hydrogen-bond donors (Lipinski definition) is 6. The van der Waals surface area contributed by atoms with Gasteiger partial charge in [-0.05, 0) is 64.8 Å². The standard InChI is InChI=1S/C76H159N5O6/c1-6-11-16-21-26-31-36-41-46-51-56-77(61-63-82)65-73(84)67-79(58-53-48-43-38-33-28-23-18-13-8-3)69-75(86)71-81(60-55-50-45-40-35-30-25-20-15-10-5)72-76(87)70-80(59-54-49-44-39-34-29-24-19-14-9-4)68-74(85)66-78(62-64-83)57-52-47-42-37-32-27-22-17-12-7-2/h73-76,82-87H,6-72H2,1-5H3. The van der Waals surface area contributed by atoms with Crippen molar-refractivity contribution < 1.29 is 30.6 Å². The van der Waals surface area contributed by atoms with Crippen molar-refractivity contribution in [3.8, 4) is 0 Å². The van der Waals surface area contributed by atoms with Gasteiger partial charge in [0, 0.05) is 65.4 Å². The molecular formula is C76H159N5O6. The van der Waals surface area contributed by atoms with Crippen LogP contribution in [0.5, 0.6) is 0 Å². The zero-order chi connectivity index (χ0) is 63.6. The minimum Gasteiger partial charge on any atom is -0.395 e. The molecule has 0 heterocycles. The van der Waals surface area contributed by atoms with Crippen molar-refractivity contribution in [2.24, 2.45) is 0 Å². The number of rotatable bonds is 75. The van der Waals surface area contributed by atoms with Crippen LogP contribution in [-0.4, -0.2) is 191 Å². The summed E-state index contributed by atoms with van der Waals surface area (Å²) in [5, 5.41) is 67.9. The van der Waals surface area contributed by atoms with E-state index in [1.54, 1.807) is 0 Å². The van der Waals surface area contributed by atoms with Crippen LogP contribution in [-0.2, 0) is 0 Å². The van der Waals surface area contributed by atoms with E-state index in [0.29, 0.717) is 65.4 Å². The van der Waals surface area contributed by atoms with E-state index in [1.165, 1.54) is 270 Å². The van der Waals surface area contributed by atoms with Crippen molar-refractivity contribution in [3.05, 3.63) is 0 Å². The maximum atomic E-state index is 12.1. The van der Waals surface area contributed by atoms with Crippen LogP contribution in [0.3, 0.4) is 0 Å². The van der Waals surface area contributed by atoms with Crippen LogP contribution in [0.15, 0.2) is 0 Å². The molecule has 4 unspecified atom stereocenters. The maximum absolute atomic E-state index is 12.1. The summed E-state index contributed by atoms with van der Waals surface area (Å²) in [6, 6.07) is 0. The molecule has 6 N–H and O–H groups in total. The van der Waals surface area contributed by atoms with Crippen LogP contribution in [0.2, 0.25) is 0 Å².